The van der Waals surface area contributed by atoms with E-state index < -0.39 is 12.0 Å². The van der Waals surface area contributed by atoms with Gasteiger partial charge in [0, 0.05) is 29.9 Å². The smallest absolute Gasteiger partial charge is 0.327 e. The fourth-order valence-corrected chi connectivity index (χ4v) is 3.90. The van der Waals surface area contributed by atoms with E-state index in [-0.39, 0.29) is 5.97 Å². The maximum absolute atomic E-state index is 12.3. The van der Waals surface area contributed by atoms with Crippen molar-refractivity contribution in [3.8, 4) is 0 Å². The van der Waals surface area contributed by atoms with Crippen LogP contribution in [0.15, 0.2) is 35.7 Å². The third-order valence-corrected chi connectivity index (χ3v) is 5.19. The summed E-state index contributed by atoms with van der Waals surface area (Å²) in [5.41, 5.74) is 2.11. The Balaban J connectivity index is 0.000000511. The number of carbonyl (C=O) groups is 2. The number of methoxy groups -OCH3 is 1. The van der Waals surface area contributed by atoms with E-state index in [1.807, 2.05) is 24.3 Å². The van der Waals surface area contributed by atoms with Crippen LogP contribution >= 0.6 is 22.9 Å². The zero-order valence-electron chi connectivity index (χ0n) is 14.1. The Bertz CT molecular complexity index is 742. The van der Waals surface area contributed by atoms with Crippen LogP contribution in [0, 0.1) is 0 Å². The number of fused-ring (bicyclic) bond motifs is 1. The average molecular weight is 382 g/mol. The number of halogens is 1. The van der Waals surface area contributed by atoms with Crippen LogP contribution in [-0.4, -0.2) is 35.6 Å². The van der Waals surface area contributed by atoms with Gasteiger partial charge in [-0.2, -0.15) is 0 Å². The number of esters is 1. The van der Waals surface area contributed by atoms with Crippen LogP contribution in [0.5, 0.6) is 0 Å². The quantitative estimate of drug-likeness (QED) is 0.820. The van der Waals surface area contributed by atoms with Crippen molar-refractivity contribution in [3.05, 3.63) is 56.7 Å². The van der Waals surface area contributed by atoms with Crippen molar-refractivity contribution in [1.82, 2.24) is 4.90 Å². The van der Waals surface area contributed by atoms with Gasteiger partial charge in [-0.25, -0.2) is 4.79 Å². The van der Waals surface area contributed by atoms with Gasteiger partial charge < -0.3 is 9.84 Å². The zero-order valence-corrected chi connectivity index (χ0v) is 15.6. The van der Waals surface area contributed by atoms with Crippen molar-refractivity contribution in [1.29, 1.82) is 0 Å². The molecular formula is C18H20ClNO4S. The second-order valence-electron chi connectivity index (χ2n) is 5.56. The highest BCUT2D eigenvalue weighted by Crippen LogP contribution is 2.33. The summed E-state index contributed by atoms with van der Waals surface area (Å²) in [6, 6.07) is 9.16. The number of rotatable bonds is 3. The third kappa shape index (κ3) is 5.04. The molecule has 2 heterocycles. The first-order chi connectivity index (χ1) is 11.9. The van der Waals surface area contributed by atoms with Crippen molar-refractivity contribution in [2.24, 2.45) is 0 Å². The summed E-state index contributed by atoms with van der Waals surface area (Å²) < 4.78 is 5.01. The molecule has 0 unspecified atom stereocenters. The van der Waals surface area contributed by atoms with Crippen molar-refractivity contribution in [2.75, 3.05) is 13.7 Å². The molecule has 134 valence electrons. The first-order valence-electron chi connectivity index (χ1n) is 7.75. The van der Waals surface area contributed by atoms with Gasteiger partial charge in [-0.1, -0.05) is 29.8 Å². The van der Waals surface area contributed by atoms with Gasteiger partial charge in [0.05, 0.1) is 7.11 Å². The number of thiophene rings is 1. The molecule has 1 N–H and O–H groups in total. The Kier molecular flexibility index (Phi) is 6.99. The molecule has 0 amide bonds. The molecule has 0 spiro atoms. The number of carboxylic acid groups (broad SMARTS) is 1. The number of hydrogen-bond acceptors (Lipinski definition) is 5. The molecule has 1 aliphatic heterocycles. The number of ether oxygens (including phenoxy) is 1. The zero-order chi connectivity index (χ0) is 18.4. The Morgan fingerprint density at radius 3 is 2.64 bits per heavy atom. The van der Waals surface area contributed by atoms with Gasteiger partial charge in [0.25, 0.3) is 5.97 Å². The highest BCUT2D eigenvalue weighted by atomic mass is 35.5. The lowest BCUT2D eigenvalue weighted by atomic mass is 10.0. The van der Waals surface area contributed by atoms with Crippen LogP contribution < -0.4 is 0 Å². The number of carbonyl (C=O) groups excluding carboxylic acids is 1. The van der Waals surface area contributed by atoms with Crippen LogP contribution in [0.25, 0.3) is 0 Å². The SMILES string of the molecule is CC(=O)O.COC(=O)[C@@H](c1ccccc1Cl)N1CCc2sccc2C1. The summed E-state index contributed by atoms with van der Waals surface area (Å²) in [6.45, 7) is 2.67. The molecule has 1 aromatic carbocycles. The second-order valence-corrected chi connectivity index (χ2v) is 6.96. The molecule has 0 fully saturated rings. The van der Waals surface area contributed by atoms with Gasteiger partial charge in [0.1, 0.15) is 6.04 Å². The molecular weight excluding hydrogens is 362 g/mol. The summed E-state index contributed by atoms with van der Waals surface area (Å²) in [4.78, 5) is 24.8. The van der Waals surface area contributed by atoms with E-state index in [9.17, 15) is 4.79 Å². The lowest BCUT2D eigenvalue weighted by Crippen LogP contribution is -2.38. The highest BCUT2D eigenvalue weighted by molar-refractivity contribution is 7.10. The first-order valence-corrected chi connectivity index (χ1v) is 9.01. The number of benzene rings is 1. The lowest BCUT2D eigenvalue weighted by molar-refractivity contribution is -0.147. The monoisotopic (exact) mass is 381 g/mol. The van der Waals surface area contributed by atoms with Gasteiger partial charge in [0.2, 0.25) is 0 Å². The molecule has 0 aliphatic carbocycles. The Hall–Kier alpha value is -1.89. The second kappa shape index (κ2) is 8.99. The molecule has 5 nitrogen and oxygen atoms in total. The van der Waals surface area contributed by atoms with Gasteiger partial charge in [-0.05, 0) is 35.1 Å². The largest absolute Gasteiger partial charge is 0.481 e. The molecule has 3 rings (SSSR count). The van der Waals surface area contributed by atoms with E-state index in [0.29, 0.717) is 5.02 Å². The van der Waals surface area contributed by atoms with E-state index in [1.54, 1.807) is 11.3 Å². The summed E-state index contributed by atoms with van der Waals surface area (Å²) in [5.74, 6) is -1.10. The van der Waals surface area contributed by atoms with E-state index in [4.69, 9.17) is 26.2 Å². The highest BCUT2D eigenvalue weighted by Gasteiger charge is 2.32. The van der Waals surface area contributed by atoms with Gasteiger partial charge >= 0.3 is 5.97 Å². The van der Waals surface area contributed by atoms with Crippen LogP contribution in [0.1, 0.15) is 29.0 Å². The number of nitrogens with zero attached hydrogens (tertiary/aromatic N) is 1. The normalized spacial score (nSPS) is 14.7. The molecule has 0 saturated carbocycles. The van der Waals surface area contributed by atoms with Crippen LogP contribution in [0.2, 0.25) is 5.02 Å². The number of aliphatic carboxylic acids is 1. The molecule has 0 bridgehead atoms. The Morgan fingerprint density at radius 2 is 2.00 bits per heavy atom. The van der Waals surface area contributed by atoms with Gasteiger partial charge in [-0.15, -0.1) is 11.3 Å². The molecule has 25 heavy (non-hydrogen) atoms. The Morgan fingerprint density at radius 1 is 1.32 bits per heavy atom. The minimum atomic E-state index is -0.833. The predicted molar refractivity (Wildman–Crippen MR) is 98.0 cm³/mol. The standard InChI is InChI=1S/C16H16ClNO2S.C2H4O2/c1-20-16(19)15(12-4-2-3-5-13(12)17)18-8-6-14-11(10-18)7-9-21-14;1-2(3)4/h2-5,7,9,15H,6,8,10H2,1H3;1H3,(H,3,4)/t15-;/m1./s1. The number of carboxylic acids is 1. The molecule has 0 saturated heterocycles. The first kappa shape index (κ1) is 19.4. The summed E-state index contributed by atoms with van der Waals surface area (Å²) in [6.07, 6.45) is 0.963. The summed E-state index contributed by atoms with van der Waals surface area (Å²) >= 11 is 8.07. The molecule has 1 atom stereocenters. The van der Waals surface area contributed by atoms with E-state index in [0.717, 1.165) is 32.0 Å². The maximum Gasteiger partial charge on any atom is 0.327 e. The van der Waals surface area contributed by atoms with E-state index >= 15 is 0 Å². The molecule has 1 aromatic heterocycles. The minimum Gasteiger partial charge on any atom is -0.481 e. The molecule has 0 radical (unpaired) electrons. The van der Waals surface area contributed by atoms with Crippen molar-refractivity contribution in [3.63, 3.8) is 0 Å². The number of hydrogen-bond donors (Lipinski definition) is 1. The van der Waals surface area contributed by atoms with Gasteiger partial charge in [0.15, 0.2) is 0 Å². The average Bonchev–Trinajstić information content (AvgIpc) is 3.04. The molecule has 1 aliphatic rings. The lowest BCUT2D eigenvalue weighted by Gasteiger charge is -2.33. The summed E-state index contributed by atoms with van der Waals surface area (Å²) in [5, 5.41) is 10.1. The third-order valence-electron chi connectivity index (χ3n) is 3.83. The van der Waals surface area contributed by atoms with Gasteiger partial charge in [-0.3, -0.25) is 9.69 Å². The topological polar surface area (TPSA) is 66.8 Å². The molecule has 2 aromatic rings. The van der Waals surface area contributed by atoms with Crippen LogP contribution in [-0.2, 0) is 27.3 Å². The van der Waals surface area contributed by atoms with Crippen molar-refractivity contribution < 1.29 is 19.4 Å². The minimum absolute atomic E-state index is 0.262. The van der Waals surface area contributed by atoms with Crippen LogP contribution in [0.3, 0.4) is 0 Å². The summed E-state index contributed by atoms with van der Waals surface area (Å²) in [7, 11) is 1.42. The molecule has 7 heteroatoms. The fourth-order valence-electron chi connectivity index (χ4n) is 2.77. The fraction of sp³-hybridized carbons (Fsp3) is 0.333. The van der Waals surface area contributed by atoms with Crippen molar-refractivity contribution >= 4 is 34.9 Å². The Labute approximate surface area is 155 Å². The maximum atomic E-state index is 12.3. The van der Waals surface area contributed by atoms with E-state index in [1.165, 1.54) is 17.6 Å². The van der Waals surface area contributed by atoms with Crippen LogP contribution in [0.4, 0.5) is 0 Å². The predicted octanol–water partition coefficient (Wildman–Crippen LogP) is 3.76. The van der Waals surface area contributed by atoms with Crippen molar-refractivity contribution in [2.45, 2.75) is 25.9 Å². The van der Waals surface area contributed by atoms with E-state index in [2.05, 4.69) is 16.3 Å².